The third kappa shape index (κ3) is 5.94. The van der Waals surface area contributed by atoms with Gasteiger partial charge in [0.05, 0.1) is 0 Å². The molecular weight excluding hydrogens is 555 g/mol. The van der Waals surface area contributed by atoms with E-state index in [-0.39, 0.29) is 23.0 Å². The molecule has 0 aliphatic rings. The molecule has 0 saturated heterocycles. The minimum absolute atomic E-state index is 0. The van der Waals surface area contributed by atoms with Crippen molar-refractivity contribution in [1.82, 2.24) is 0 Å². The molecule has 5 aromatic rings. The van der Waals surface area contributed by atoms with Crippen LogP contribution in [-0.4, -0.2) is 24.8 Å². The quantitative estimate of drug-likeness (QED) is 0.236. The van der Waals surface area contributed by atoms with Gasteiger partial charge in [-0.15, -0.1) is 0 Å². The van der Waals surface area contributed by atoms with Crippen LogP contribution in [0.25, 0.3) is 0 Å². The van der Waals surface area contributed by atoms with E-state index in [9.17, 15) is 4.79 Å². The second-order valence-corrected chi connectivity index (χ2v) is 16.4. The zero-order valence-corrected chi connectivity index (χ0v) is 21.7. The van der Waals surface area contributed by atoms with Gasteiger partial charge in [-0.1, -0.05) is 0 Å². The van der Waals surface area contributed by atoms with Crippen molar-refractivity contribution in [2.75, 3.05) is 0 Å². The van der Waals surface area contributed by atoms with Gasteiger partial charge in [-0.25, -0.2) is 0 Å². The second-order valence-electron chi connectivity index (χ2n) is 7.03. The van der Waals surface area contributed by atoms with Crippen LogP contribution in [0.5, 0.6) is 0 Å². The van der Waals surface area contributed by atoms with Gasteiger partial charge in [0.1, 0.15) is 0 Å². The van der Waals surface area contributed by atoms with Crippen LogP contribution in [0.2, 0.25) is 0 Å². The van der Waals surface area contributed by atoms with Gasteiger partial charge in [0.2, 0.25) is 0 Å². The molecule has 0 aliphatic heterocycles. The largest absolute Gasteiger partial charge is 0.999 e. The zero-order chi connectivity index (χ0) is 22.1. The molecule has 0 spiro atoms. The molecule has 0 saturated carbocycles. The topological polar surface area (TPSA) is 26.3 Å². The van der Waals surface area contributed by atoms with Gasteiger partial charge < -0.3 is 30.3 Å². The van der Waals surface area contributed by atoms with Gasteiger partial charge in [-0.3, -0.25) is 0 Å². The van der Waals surface area contributed by atoms with E-state index in [0.29, 0.717) is 5.56 Å². The summed E-state index contributed by atoms with van der Waals surface area (Å²) in [6, 6.07) is 50.0. The number of carbonyl (C=O) groups excluding carboxylic acids is 1. The molecule has 0 heterocycles. The minimum atomic E-state index is -4.00. The molecule has 5 rings (SSSR count). The number of benzene rings is 3. The fourth-order valence-electron chi connectivity index (χ4n) is 3.58. The Bertz CT molecular complexity index is 1070. The van der Waals surface area contributed by atoms with Crippen molar-refractivity contribution < 1.29 is 24.9 Å². The van der Waals surface area contributed by atoms with Crippen molar-refractivity contribution in [3.63, 3.8) is 0 Å². The van der Waals surface area contributed by atoms with E-state index in [0.717, 1.165) is 10.7 Å². The molecule has 0 bridgehead atoms. The van der Waals surface area contributed by atoms with Crippen molar-refractivity contribution in [2.24, 2.45) is 0 Å². The Kier molecular flexibility index (Phi) is 9.32. The Morgan fingerprint density at radius 3 is 1.39 bits per heavy atom. The van der Waals surface area contributed by atoms with Crippen LogP contribution in [0.1, 0.15) is 10.4 Å². The molecule has 0 N–H and O–H groups in total. The van der Waals surface area contributed by atoms with E-state index in [1.807, 2.05) is 66.7 Å². The predicted molar refractivity (Wildman–Crippen MR) is 129 cm³/mol. The molecule has 0 fully saturated rings. The molecule has 5 aromatic carbocycles. The van der Waals surface area contributed by atoms with Crippen molar-refractivity contribution in [3.05, 3.63) is 151 Å². The summed E-state index contributed by atoms with van der Waals surface area (Å²) in [6.07, 6.45) is 0. The molecule has 33 heavy (non-hydrogen) atoms. The average Bonchev–Trinajstić information content (AvgIpc) is 3.62. The van der Waals surface area contributed by atoms with E-state index < -0.39 is 18.8 Å². The molecule has 2 nitrogen and oxygen atoms in total. The van der Waals surface area contributed by atoms with Crippen LogP contribution < -0.4 is 10.7 Å². The van der Waals surface area contributed by atoms with Crippen LogP contribution in [0.15, 0.2) is 121 Å². The Hall–Kier alpha value is -2.85. The third-order valence-electron chi connectivity index (χ3n) is 5.04. The summed E-state index contributed by atoms with van der Waals surface area (Å²) < 4.78 is 9.86. The number of rotatable bonds is 5. The monoisotopic (exact) mass is 576 g/mol. The first-order valence-electron chi connectivity index (χ1n) is 10.2. The average molecular weight is 575 g/mol. The van der Waals surface area contributed by atoms with Gasteiger partial charge in [0.25, 0.3) is 0 Å². The van der Waals surface area contributed by atoms with E-state index in [2.05, 4.69) is 60.7 Å². The van der Waals surface area contributed by atoms with Gasteiger partial charge >= 0.3 is 164 Å². The summed E-state index contributed by atoms with van der Waals surface area (Å²) in [5, 5.41) is 0. The van der Waals surface area contributed by atoms with Crippen molar-refractivity contribution in [3.8, 4) is 0 Å². The van der Waals surface area contributed by atoms with Gasteiger partial charge in [-0.2, -0.15) is 0 Å². The summed E-state index contributed by atoms with van der Waals surface area (Å²) in [4.78, 5) is 13.1. The fourth-order valence-corrected chi connectivity index (χ4v) is 14.2. The van der Waals surface area contributed by atoms with Gasteiger partial charge in [-0.05, 0) is 0 Å². The van der Waals surface area contributed by atoms with Gasteiger partial charge in [0.15, 0.2) is 0 Å². The maximum absolute atomic E-state index is 13.1. The molecular formula is C29H20FeO2Sn-6. The first-order chi connectivity index (χ1) is 15.8. The summed E-state index contributed by atoms with van der Waals surface area (Å²) in [5.74, 6) is -0.257. The number of hydrogen-bond donors (Lipinski definition) is 0. The molecule has 4 heteroatoms. The van der Waals surface area contributed by atoms with Crippen molar-refractivity contribution in [1.29, 1.82) is 0 Å². The van der Waals surface area contributed by atoms with Crippen LogP contribution in [0, 0.1) is 24.3 Å². The van der Waals surface area contributed by atoms with Crippen molar-refractivity contribution >= 4 is 35.5 Å². The molecule has 0 aromatic heterocycles. The number of hydrogen-bond acceptors (Lipinski definition) is 2. The smallest absolute Gasteiger partial charge is 0 e. The van der Waals surface area contributed by atoms with E-state index in [1.165, 1.54) is 0 Å². The standard InChI is InChI=1S/C6H5O2.3C6H5.C5H.Fe.Sn/c7-6(8)5-3-1-2-4-5;3*1-2-4-6-5-3-1;1-2-4-5-3-1;;/h1-4H,(H,7,8);3*1-5H;1H;;/q-1;;;;-5;;+1/p-1. The van der Waals surface area contributed by atoms with Crippen LogP contribution >= 0.6 is 0 Å². The summed E-state index contributed by atoms with van der Waals surface area (Å²) >= 11 is -4.00. The van der Waals surface area contributed by atoms with Crippen LogP contribution in [0.4, 0.5) is 0 Å². The molecule has 0 unspecified atom stereocenters. The van der Waals surface area contributed by atoms with Crippen molar-refractivity contribution in [2.45, 2.75) is 0 Å². The predicted octanol–water partition coefficient (Wildman–Crippen LogP) is 3.83. The molecule has 0 aliphatic carbocycles. The zero-order valence-electron chi connectivity index (χ0n) is 17.7. The fraction of sp³-hybridized carbons (Fsp3) is 0. The maximum atomic E-state index is 13.1. The van der Waals surface area contributed by atoms with E-state index in [1.54, 1.807) is 18.2 Å². The third-order valence-corrected chi connectivity index (χ3v) is 16.3. The summed E-state index contributed by atoms with van der Waals surface area (Å²) in [6.45, 7) is 0. The Balaban J connectivity index is 0.000000453. The van der Waals surface area contributed by atoms with Crippen LogP contribution in [-0.2, 0) is 20.1 Å². The minimum Gasteiger partial charge on any atom is -0.999 e. The first kappa shape index (κ1) is 24.8. The second kappa shape index (κ2) is 12.4. The van der Waals surface area contributed by atoms with Crippen LogP contribution in [0.3, 0.4) is 0 Å². The van der Waals surface area contributed by atoms with E-state index in [4.69, 9.17) is 3.07 Å². The Morgan fingerprint density at radius 2 is 1.06 bits per heavy atom. The van der Waals surface area contributed by atoms with E-state index >= 15 is 0 Å². The summed E-state index contributed by atoms with van der Waals surface area (Å²) in [7, 11) is 0. The normalized spacial score (nSPS) is 10.3. The molecule has 166 valence electrons. The summed E-state index contributed by atoms with van der Waals surface area (Å²) in [5.41, 5.74) is 0.596. The maximum Gasteiger partial charge on any atom is 0 e. The molecule has 0 atom stereocenters. The molecule has 0 radical (unpaired) electrons. The van der Waals surface area contributed by atoms with Gasteiger partial charge in [0, 0.05) is 17.1 Å². The molecule has 0 amide bonds. The SMILES string of the molecule is O=C([O][Sn]([c]1ccccc1)([c]1ccccc1)[c]1ccccc1)[c-]1cccc1.[Fe].[c-]1[c-][c-][cH-][c-]1. The Morgan fingerprint density at radius 1 is 0.667 bits per heavy atom. The first-order valence-corrected chi connectivity index (χ1v) is 15.7. The number of carbonyl (C=O) groups is 1. The Labute approximate surface area is 210 Å².